The Bertz CT molecular complexity index is 947. The summed E-state index contributed by atoms with van der Waals surface area (Å²) < 4.78 is 18.7. The molecule has 1 amide bonds. The van der Waals surface area contributed by atoms with Crippen molar-refractivity contribution >= 4 is 29.3 Å². The molecule has 0 saturated heterocycles. The minimum absolute atomic E-state index is 0.0445. The quantitative estimate of drug-likeness (QED) is 0.501. The van der Waals surface area contributed by atoms with Gasteiger partial charge in [0.05, 0.1) is 22.9 Å². The fraction of sp³-hybridized carbons (Fsp3) is 0.250. The predicted octanol–water partition coefficient (Wildman–Crippen LogP) is 5.06. The number of hydrogen-bond donors (Lipinski definition) is 0. The highest BCUT2D eigenvalue weighted by Gasteiger charge is 2.21. The lowest BCUT2D eigenvalue weighted by Gasteiger charge is -2.25. The highest BCUT2D eigenvalue weighted by Crippen LogP contribution is 2.27. The van der Waals surface area contributed by atoms with E-state index in [1.807, 2.05) is 26.0 Å². The molecule has 0 aliphatic heterocycles. The average molecular weight is 420 g/mol. The second kappa shape index (κ2) is 9.21. The zero-order valence-electron chi connectivity index (χ0n) is 15.4. The average Bonchev–Trinajstić information content (AvgIpc) is 3.14. The lowest BCUT2D eigenvalue weighted by molar-refractivity contribution is -0.131. The molecule has 0 unspecified atom stereocenters. The second-order valence-electron chi connectivity index (χ2n) is 6.34. The summed E-state index contributed by atoms with van der Waals surface area (Å²) in [7, 11) is 0. The molecule has 1 heterocycles. The summed E-state index contributed by atoms with van der Waals surface area (Å²) in [5.74, 6) is 0.517. The molecule has 3 rings (SSSR count). The van der Waals surface area contributed by atoms with E-state index in [0.29, 0.717) is 22.4 Å². The number of hydrogen-bond acceptors (Lipinski definition) is 5. The number of thioether (sulfide) groups is 1. The maximum atomic E-state index is 13.0. The van der Waals surface area contributed by atoms with Gasteiger partial charge < -0.3 is 9.32 Å². The summed E-state index contributed by atoms with van der Waals surface area (Å²) in [6.45, 7) is 4.05. The van der Waals surface area contributed by atoms with Crippen LogP contribution in [-0.2, 0) is 11.3 Å². The summed E-state index contributed by atoms with van der Waals surface area (Å²) in [6, 6.07) is 13.2. The lowest BCUT2D eigenvalue weighted by Crippen LogP contribution is -2.37. The Morgan fingerprint density at radius 1 is 1.18 bits per heavy atom. The fourth-order valence-electron chi connectivity index (χ4n) is 2.52. The molecular weight excluding hydrogens is 401 g/mol. The zero-order valence-corrected chi connectivity index (χ0v) is 17.0. The van der Waals surface area contributed by atoms with Gasteiger partial charge in [-0.2, -0.15) is 0 Å². The van der Waals surface area contributed by atoms with Crippen molar-refractivity contribution in [3.05, 3.63) is 65.3 Å². The molecule has 0 radical (unpaired) electrons. The van der Waals surface area contributed by atoms with Crippen LogP contribution in [0.1, 0.15) is 19.7 Å². The summed E-state index contributed by atoms with van der Waals surface area (Å²) >= 11 is 7.52. The molecule has 5 nitrogen and oxygen atoms in total. The minimum atomic E-state index is -0.301. The van der Waals surface area contributed by atoms with Crippen LogP contribution in [-0.4, -0.2) is 32.8 Å². The van der Waals surface area contributed by atoms with Gasteiger partial charge in [0.15, 0.2) is 0 Å². The standard InChI is InChI=1S/C20H19ClFN3O2S/c1-13(2)25(19(26)12-28-15-9-7-14(22)8-10-15)11-18-23-24-20(27-18)16-5-3-4-6-17(16)21/h3-10,13H,11-12H2,1-2H3. The Morgan fingerprint density at radius 3 is 2.57 bits per heavy atom. The number of nitrogens with zero attached hydrogens (tertiary/aromatic N) is 3. The third-order valence-electron chi connectivity index (χ3n) is 4.00. The van der Waals surface area contributed by atoms with Crippen molar-refractivity contribution < 1.29 is 13.6 Å². The van der Waals surface area contributed by atoms with E-state index < -0.39 is 0 Å². The van der Waals surface area contributed by atoms with E-state index in [1.165, 1.54) is 23.9 Å². The van der Waals surface area contributed by atoms with Crippen molar-refractivity contribution in [2.45, 2.75) is 31.3 Å². The van der Waals surface area contributed by atoms with Gasteiger partial charge in [-0.3, -0.25) is 4.79 Å². The smallest absolute Gasteiger partial charge is 0.249 e. The number of carbonyl (C=O) groups excluding carboxylic acids is 1. The molecule has 2 aromatic carbocycles. The number of amides is 1. The van der Waals surface area contributed by atoms with E-state index >= 15 is 0 Å². The van der Waals surface area contributed by atoms with Crippen molar-refractivity contribution in [3.8, 4) is 11.5 Å². The Morgan fingerprint density at radius 2 is 1.89 bits per heavy atom. The molecule has 146 valence electrons. The van der Waals surface area contributed by atoms with Gasteiger partial charge in [0.25, 0.3) is 0 Å². The molecule has 1 aromatic heterocycles. The normalized spacial score (nSPS) is 11.0. The van der Waals surface area contributed by atoms with Gasteiger partial charge in [0.2, 0.25) is 17.7 Å². The molecule has 0 fully saturated rings. The molecule has 0 N–H and O–H groups in total. The third-order valence-corrected chi connectivity index (χ3v) is 5.32. The molecule has 0 atom stereocenters. The molecule has 0 aliphatic rings. The van der Waals surface area contributed by atoms with E-state index in [2.05, 4.69) is 10.2 Å². The van der Waals surface area contributed by atoms with Crippen molar-refractivity contribution in [3.63, 3.8) is 0 Å². The molecule has 3 aromatic rings. The summed E-state index contributed by atoms with van der Waals surface area (Å²) in [6.07, 6.45) is 0. The van der Waals surface area contributed by atoms with E-state index in [-0.39, 0.29) is 30.1 Å². The van der Waals surface area contributed by atoms with Crippen molar-refractivity contribution in [1.82, 2.24) is 15.1 Å². The third kappa shape index (κ3) is 5.11. The van der Waals surface area contributed by atoms with Crippen molar-refractivity contribution in [1.29, 1.82) is 0 Å². The molecular formula is C20H19ClFN3O2S. The van der Waals surface area contributed by atoms with Crippen molar-refractivity contribution in [2.75, 3.05) is 5.75 Å². The number of benzene rings is 2. The van der Waals surface area contributed by atoms with Crippen LogP contribution in [0.4, 0.5) is 4.39 Å². The van der Waals surface area contributed by atoms with Gasteiger partial charge in [0, 0.05) is 10.9 Å². The van der Waals surface area contributed by atoms with Gasteiger partial charge in [-0.25, -0.2) is 4.39 Å². The summed E-state index contributed by atoms with van der Waals surface area (Å²) in [4.78, 5) is 15.2. The Balaban J connectivity index is 1.67. The molecule has 0 saturated carbocycles. The first-order chi connectivity index (χ1) is 13.4. The molecule has 0 bridgehead atoms. The van der Waals surface area contributed by atoms with Crippen LogP contribution in [0.3, 0.4) is 0 Å². The lowest BCUT2D eigenvalue weighted by atomic mass is 10.2. The monoisotopic (exact) mass is 419 g/mol. The Kier molecular flexibility index (Phi) is 6.70. The first-order valence-electron chi connectivity index (χ1n) is 8.69. The zero-order chi connectivity index (χ0) is 20.1. The second-order valence-corrected chi connectivity index (χ2v) is 7.79. The minimum Gasteiger partial charge on any atom is -0.419 e. The maximum absolute atomic E-state index is 13.0. The largest absolute Gasteiger partial charge is 0.419 e. The summed E-state index contributed by atoms with van der Waals surface area (Å²) in [5, 5.41) is 8.61. The Hall–Kier alpha value is -2.38. The number of halogens is 2. The maximum Gasteiger partial charge on any atom is 0.249 e. The first-order valence-corrected chi connectivity index (χ1v) is 10.1. The number of aromatic nitrogens is 2. The highest BCUT2D eigenvalue weighted by molar-refractivity contribution is 8.00. The van der Waals surface area contributed by atoms with E-state index in [0.717, 1.165) is 4.90 Å². The number of rotatable bonds is 7. The van der Waals surface area contributed by atoms with Crippen LogP contribution in [0.25, 0.3) is 11.5 Å². The van der Waals surface area contributed by atoms with Crippen molar-refractivity contribution in [2.24, 2.45) is 0 Å². The van der Waals surface area contributed by atoms with Crippen LogP contribution >= 0.6 is 23.4 Å². The van der Waals surface area contributed by atoms with E-state index in [1.54, 1.807) is 29.2 Å². The fourth-order valence-corrected chi connectivity index (χ4v) is 3.53. The van der Waals surface area contributed by atoms with Gasteiger partial charge in [-0.15, -0.1) is 22.0 Å². The highest BCUT2D eigenvalue weighted by atomic mass is 35.5. The predicted molar refractivity (Wildman–Crippen MR) is 108 cm³/mol. The van der Waals surface area contributed by atoms with Crippen LogP contribution in [0, 0.1) is 5.82 Å². The van der Waals surface area contributed by atoms with Gasteiger partial charge in [-0.1, -0.05) is 23.7 Å². The van der Waals surface area contributed by atoms with Gasteiger partial charge >= 0.3 is 0 Å². The van der Waals surface area contributed by atoms with Crippen LogP contribution < -0.4 is 0 Å². The first kappa shape index (κ1) is 20.4. The van der Waals surface area contributed by atoms with Gasteiger partial charge in [-0.05, 0) is 50.2 Å². The van der Waals surface area contributed by atoms with E-state index in [4.69, 9.17) is 16.0 Å². The SMILES string of the molecule is CC(C)N(Cc1nnc(-c2ccccc2Cl)o1)C(=O)CSc1ccc(F)cc1. The van der Waals surface area contributed by atoms with Crippen LogP contribution in [0.2, 0.25) is 5.02 Å². The summed E-state index contributed by atoms with van der Waals surface area (Å²) in [5.41, 5.74) is 0.650. The Labute approximate surface area is 171 Å². The molecule has 8 heteroatoms. The molecule has 0 spiro atoms. The van der Waals surface area contributed by atoms with E-state index in [9.17, 15) is 9.18 Å². The molecule has 28 heavy (non-hydrogen) atoms. The van der Waals surface area contributed by atoms with Crippen LogP contribution in [0.5, 0.6) is 0 Å². The van der Waals surface area contributed by atoms with Crippen LogP contribution in [0.15, 0.2) is 57.8 Å². The molecule has 0 aliphatic carbocycles. The van der Waals surface area contributed by atoms with Gasteiger partial charge in [0.1, 0.15) is 5.82 Å². The topological polar surface area (TPSA) is 59.2 Å². The number of carbonyl (C=O) groups is 1.